The van der Waals surface area contributed by atoms with E-state index in [4.69, 9.17) is 12.2 Å². The summed E-state index contributed by atoms with van der Waals surface area (Å²) in [6.07, 6.45) is 0.654. The highest BCUT2D eigenvalue weighted by Gasteiger charge is 2.36. The summed E-state index contributed by atoms with van der Waals surface area (Å²) in [6, 6.07) is 6.06. The molecule has 1 aliphatic rings. The Morgan fingerprint density at radius 3 is 2.95 bits per heavy atom. The van der Waals surface area contributed by atoms with Crippen LogP contribution in [0.1, 0.15) is 6.42 Å². The van der Waals surface area contributed by atoms with Crippen LogP contribution in [0.15, 0.2) is 29.8 Å². The maximum absolute atomic E-state index is 13.9. The monoisotopic (exact) mass is 338 g/mol. The third-order valence-corrected chi connectivity index (χ3v) is 4.87. The molecule has 1 saturated heterocycles. The van der Waals surface area contributed by atoms with Crippen molar-refractivity contribution in [1.82, 2.24) is 14.7 Å². The van der Waals surface area contributed by atoms with Gasteiger partial charge in [-0.3, -0.25) is 9.69 Å². The number of nitrogens with zero attached hydrogens (tertiary/aromatic N) is 4. The van der Waals surface area contributed by atoms with Crippen LogP contribution in [0.5, 0.6) is 0 Å². The number of amides is 1. The number of likely N-dealkylation sites (N-methyl/N-ethyl adjacent to an activating group) is 1. The molecule has 1 aromatic carbocycles. The molecule has 0 spiro atoms. The molecule has 1 aromatic heterocycles. The van der Waals surface area contributed by atoms with Crippen molar-refractivity contribution in [3.05, 3.63) is 39.5 Å². The fraction of sp³-hybridized carbons (Fsp3) is 0.357. The summed E-state index contributed by atoms with van der Waals surface area (Å²) in [5, 5.41) is 4.15. The fourth-order valence-corrected chi connectivity index (χ4v) is 3.33. The Hall–Kier alpha value is -1.64. The molecule has 1 amide bonds. The van der Waals surface area contributed by atoms with Crippen LogP contribution in [0.2, 0.25) is 0 Å². The summed E-state index contributed by atoms with van der Waals surface area (Å²) < 4.78 is 16.2. The summed E-state index contributed by atoms with van der Waals surface area (Å²) >= 11 is 6.56. The molecule has 1 atom stereocenters. The van der Waals surface area contributed by atoms with Gasteiger partial charge in [-0.05, 0) is 37.8 Å². The van der Waals surface area contributed by atoms with E-state index >= 15 is 0 Å². The number of anilines is 1. The van der Waals surface area contributed by atoms with E-state index in [1.165, 1.54) is 22.3 Å². The first-order valence-corrected chi connectivity index (χ1v) is 8.13. The van der Waals surface area contributed by atoms with Gasteiger partial charge in [-0.25, -0.2) is 9.07 Å². The van der Waals surface area contributed by atoms with Crippen LogP contribution in [0.3, 0.4) is 0 Å². The van der Waals surface area contributed by atoms with Gasteiger partial charge in [0.25, 0.3) is 0 Å². The van der Waals surface area contributed by atoms with Gasteiger partial charge < -0.3 is 4.90 Å². The Labute approximate surface area is 136 Å². The normalized spacial score (nSPS) is 18.4. The minimum atomic E-state index is -0.374. The molecule has 5 nitrogen and oxygen atoms in total. The highest BCUT2D eigenvalue weighted by atomic mass is 32.1. The Morgan fingerprint density at radius 2 is 2.27 bits per heavy atom. The molecule has 1 fully saturated rings. The average molecular weight is 338 g/mol. The predicted molar refractivity (Wildman–Crippen MR) is 85.9 cm³/mol. The summed E-state index contributed by atoms with van der Waals surface area (Å²) in [4.78, 5) is 16.0. The van der Waals surface area contributed by atoms with Crippen molar-refractivity contribution in [2.45, 2.75) is 19.1 Å². The molecule has 0 N–H and O–H groups in total. The number of aromatic nitrogens is 2. The second-order valence-electron chi connectivity index (χ2n) is 5.15. The second-order valence-corrected chi connectivity index (χ2v) is 6.63. The number of para-hydroxylation sites is 1. The summed E-state index contributed by atoms with van der Waals surface area (Å²) in [5.74, 6) is -0.463. The molecule has 0 radical (unpaired) electrons. The molecule has 0 saturated carbocycles. The van der Waals surface area contributed by atoms with E-state index in [1.807, 2.05) is 11.9 Å². The standard InChI is InChI=1S/C14H15FN4OS2/c1-17(9-19-14(21)22-8-16-19)12-6-7-18(13(12)20)11-5-3-2-4-10(11)15/h2-5,8,12H,6-7,9H2,1H3/t12-/m1/s1. The molecule has 0 bridgehead atoms. The van der Waals surface area contributed by atoms with Crippen LogP contribution in [-0.4, -0.2) is 40.2 Å². The topological polar surface area (TPSA) is 41.4 Å². The van der Waals surface area contributed by atoms with Crippen LogP contribution in [-0.2, 0) is 11.5 Å². The fourth-order valence-electron chi connectivity index (χ4n) is 2.62. The van der Waals surface area contributed by atoms with Crippen LogP contribution < -0.4 is 4.90 Å². The average Bonchev–Trinajstić information content (AvgIpc) is 3.06. The number of carbonyl (C=O) groups excluding carboxylic acids is 1. The summed E-state index contributed by atoms with van der Waals surface area (Å²) in [6.45, 7) is 0.959. The zero-order valence-electron chi connectivity index (χ0n) is 12.0. The second kappa shape index (κ2) is 6.23. The van der Waals surface area contributed by atoms with E-state index in [0.29, 0.717) is 29.3 Å². The van der Waals surface area contributed by atoms with Crippen LogP contribution in [0, 0.1) is 9.77 Å². The largest absolute Gasteiger partial charge is 0.308 e. The maximum Gasteiger partial charge on any atom is 0.244 e. The van der Waals surface area contributed by atoms with Gasteiger partial charge in [-0.1, -0.05) is 23.5 Å². The van der Waals surface area contributed by atoms with Gasteiger partial charge >= 0.3 is 0 Å². The maximum atomic E-state index is 13.9. The number of benzene rings is 1. The molecule has 22 heavy (non-hydrogen) atoms. The van der Waals surface area contributed by atoms with Crippen molar-refractivity contribution in [2.75, 3.05) is 18.5 Å². The Morgan fingerprint density at radius 1 is 1.50 bits per heavy atom. The number of halogens is 1. The van der Waals surface area contributed by atoms with Gasteiger partial charge in [0.1, 0.15) is 11.3 Å². The molecule has 0 unspecified atom stereocenters. The Balaban J connectivity index is 1.75. The third-order valence-electron chi connectivity index (χ3n) is 3.76. The number of hydrogen-bond acceptors (Lipinski definition) is 5. The van der Waals surface area contributed by atoms with Crippen molar-refractivity contribution in [2.24, 2.45) is 0 Å². The Bertz CT molecular complexity index is 744. The first-order valence-electron chi connectivity index (χ1n) is 6.84. The van der Waals surface area contributed by atoms with Crippen molar-refractivity contribution in [1.29, 1.82) is 0 Å². The van der Waals surface area contributed by atoms with Crippen molar-refractivity contribution >= 4 is 35.1 Å². The van der Waals surface area contributed by atoms with E-state index in [9.17, 15) is 9.18 Å². The lowest BCUT2D eigenvalue weighted by molar-refractivity contribution is -0.121. The predicted octanol–water partition coefficient (Wildman–Crippen LogP) is 2.51. The minimum Gasteiger partial charge on any atom is -0.308 e. The van der Waals surface area contributed by atoms with Crippen molar-refractivity contribution in [3.8, 4) is 0 Å². The molecular weight excluding hydrogens is 323 g/mol. The van der Waals surface area contributed by atoms with Gasteiger partial charge in [0.15, 0.2) is 3.95 Å². The lowest BCUT2D eigenvalue weighted by atomic mass is 10.2. The molecule has 3 rings (SSSR count). The lowest BCUT2D eigenvalue weighted by Gasteiger charge is -2.23. The van der Waals surface area contributed by atoms with Crippen LogP contribution >= 0.6 is 23.6 Å². The van der Waals surface area contributed by atoms with Gasteiger partial charge in [0.05, 0.1) is 18.4 Å². The molecule has 2 heterocycles. The van der Waals surface area contributed by atoms with Crippen LogP contribution in [0.25, 0.3) is 0 Å². The summed E-state index contributed by atoms with van der Waals surface area (Å²) in [5.41, 5.74) is 2.02. The first kappa shape index (κ1) is 15.3. The SMILES string of the molecule is CN(Cn1ncsc1=S)[C@@H]1CCN(c2ccccc2F)C1=O. The van der Waals surface area contributed by atoms with Gasteiger partial charge in [-0.2, -0.15) is 5.10 Å². The Kier molecular flexibility index (Phi) is 4.32. The number of carbonyl (C=O) groups is 1. The molecular formula is C14H15FN4OS2. The first-order chi connectivity index (χ1) is 10.6. The minimum absolute atomic E-state index is 0.0886. The van der Waals surface area contributed by atoms with E-state index in [2.05, 4.69) is 5.10 Å². The zero-order chi connectivity index (χ0) is 15.7. The van der Waals surface area contributed by atoms with Gasteiger partial charge in [-0.15, -0.1) is 0 Å². The summed E-state index contributed by atoms with van der Waals surface area (Å²) in [7, 11) is 1.86. The van der Waals surface area contributed by atoms with E-state index < -0.39 is 0 Å². The molecule has 2 aromatic rings. The quantitative estimate of drug-likeness (QED) is 0.803. The smallest absolute Gasteiger partial charge is 0.244 e. The molecule has 0 aliphatic carbocycles. The van der Waals surface area contributed by atoms with Crippen LogP contribution in [0.4, 0.5) is 10.1 Å². The van der Waals surface area contributed by atoms with E-state index in [-0.39, 0.29) is 17.8 Å². The van der Waals surface area contributed by atoms with Crippen molar-refractivity contribution in [3.63, 3.8) is 0 Å². The number of rotatable bonds is 4. The highest BCUT2D eigenvalue weighted by Crippen LogP contribution is 2.26. The lowest BCUT2D eigenvalue weighted by Crippen LogP contribution is -2.40. The molecule has 116 valence electrons. The number of hydrogen-bond donors (Lipinski definition) is 0. The molecule has 1 aliphatic heterocycles. The third kappa shape index (κ3) is 2.81. The van der Waals surface area contributed by atoms with E-state index in [1.54, 1.807) is 28.4 Å². The van der Waals surface area contributed by atoms with Gasteiger partial charge in [0, 0.05) is 6.54 Å². The van der Waals surface area contributed by atoms with E-state index in [0.717, 1.165) is 0 Å². The molecule has 8 heteroatoms. The zero-order valence-corrected chi connectivity index (χ0v) is 13.6. The van der Waals surface area contributed by atoms with Gasteiger partial charge in [0.2, 0.25) is 5.91 Å². The van der Waals surface area contributed by atoms with Crippen molar-refractivity contribution < 1.29 is 9.18 Å². The highest BCUT2D eigenvalue weighted by molar-refractivity contribution is 7.73.